The van der Waals surface area contributed by atoms with Gasteiger partial charge >= 0.3 is 0 Å². The maximum atomic E-state index is 6.00. The van der Waals surface area contributed by atoms with E-state index in [9.17, 15) is 0 Å². The highest BCUT2D eigenvalue weighted by Gasteiger charge is 2.31. The molecule has 1 aliphatic carbocycles. The van der Waals surface area contributed by atoms with Crippen LogP contribution in [0.1, 0.15) is 24.6 Å². The third-order valence-electron chi connectivity index (χ3n) is 2.51. The summed E-state index contributed by atoms with van der Waals surface area (Å²) >= 11 is 0. The van der Waals surface area contributed by atoms with Crippen LogP contribution in [0.4, 0.5) is 5.88 Å². The van der Waals surface area contributed by atoms with Crippen molar-refractivity contribution in [2.24, 2.45) is 11.7 Å². The number of hydrogen-bond acceptors (Lipinski definition) is 3. The largest absolute Gasteiger partial charge is 0.444 e. The molecule has 1 fully saturated rings. The molecule has 1 saturated carbocycles. The first-order chi connectivity index (χ1) is 6.18. The van der Waals surface area contributed by atoms with Crippen molar-refractivity contribution in [2.45, 2.75) is 18.9 Å². The van der Waals surface area contributed by atoms with Gasteiger partial charge in [-0.1, -0.05) is 0 Å². The molecule has 0 saturated heterocycles. The predicted molar refractivity (Wildman–Crippen MR) is 52.7 cm³/mol. The number of nitrogens with zero attached hydrogens (tertiary/aromatic N) is 1. The van der Waals surface area contributed by atoms with E-state index < -0.39 is 0 Å². The Morgan fingerprint density at radius 3 is 2.62 bits per heavy atom. The van der Waals surface area contributed by atoms with Crippen molar-refractivity contribution in [2.75, 3.05) is 19.0 Å². The van der Waals surface area contributed by atoms with Crippen molar-refractivity contribution in [3.05, 3.63) is 17.9 Å². The summed E-state index contributed by atoms with van der Waals surface area (Å²) in [6.45, 7) is 0. The summed E-state index contributed by atoms with van der Waals surface area (Å²) in [6, 6.07) is 4.06. The average molecular weight is 180 g/mol. The highest BCUT2D eigenvalue weighted by Crippen LogP contribution is 2.40. The summed E-state index contributed by atoms with van der Waals surface area (Å²) in [6.07, 6.45) is 2.50. The quantitative estimate of drug-likeness (QED) is 0.770. The molecule has 1 atom stereocenters. The standard InChI is InChI=1S/C10H16N2O/c1-12(2)9-6-5-8(13-9)10(11)7-3-4-7/h5-7,10H,3-4,11H2,1-2H3. The van der Waals surface area contributed by atoms with Crippen LogP contribution < -0.4 is 10.6 Å². The molecule has 0 radical (unpaired) electrons. The molecule has 0 amide bonds. The van der Waals surface area contributed by atoms with Crippen molar-refractivity contribution >= 4 is 5.88 Å². The number of hydrogen-bond donors (Lipinski definition) is 1. The van der Waals surface area contributed by atoms with Crippen LogP contribution in [0.15, 0.2) is 16.5 Å². The topological polar surface area (TPSA) is 42.4 Å². The van der Waals surface area contributed by atoms with Gasteiger partial charge in [-0.15, -0.1) is 0 Å². The Kier molecular flexibility index (Phi) is 2.04. The lowest BCUT2D eigenvalue weighted by Crippen LogP contribution is -2.11. The molecule has 3 nitrogen and oxygen atoms in total. The van der Waals surface area contributed by atoms with Gasteiger partial charge in [-0.3, -0.25) is 0 Å². The van der Waals surface area contributed by atoms with Gasteiger partial charge in [-0.2, -0.15) is 0 Å². The Morgan fingerprint density at radius 2 is 2.15 bits per heavy atom. The van der Waals surface area contributed by atoms with Crippen LogP contribution in [0.3, 0.4) is 0 Å². The molecule has 0 spiro atoms. The van der Waals surface area contributed by atoms with Crippen molar-refractivity contribution < 1.29 is 4.42 Å². The van der Waals surface area contributed by atoms with E-state index in [1.165, 1.54) is 12.8 Å². The van der Waals surface area contributed by atoms with Crippen LogP contribution in [-0.2, 0) is 0 Å². The minimum atomic E-state index is 0.105. The molecule has 1 heterocycles. The van der Waals surface area contributed by atoms with Crippen molar-refractivity contribution in [1.82, 2.24) is 0 Å². The van der Waals surface area contributed by atoms with Crippen LogP contribution in [0.2, 0.25) is 0 Å². The lowest BCUT2D eigenvalue weighted by Gasteiger charge is -2.09. The van der Waals surface area contributed by atoms with Gasteiger partial charge in [0.25, 0.3) is 0 Å². The highest BCUT2D eigenvalue weighted by molar-refractivity contribution is 5.34. The van der Waals surface area contributed by atoms with Gasteiger partial charge in [0.1, 0.15) is 5.76 Å². The van der Waals surface area contributed by atoms with Crippen LogP contribution >= 0.6 is 0 Å². The number of rotatable bonds is 3. The Hall–Kier alpha value is -0.960. The van der Waals surface area contributed by atoms with Gasteiger partial charge in [0, 0.05) is 20.2 Å². The molecule has 72 valence electrons. The van der Waals surface area contributed by atoms with Crippen LogP contribution in [-0.4, -0.2) is 14.1 Å². The zero-order chi connectivity index (χ0) is 9.42. The van der Waals surface area contributed by atoms with Crippen LogP contribution in [0, 0.1) is 5.92 Å². The zero-order valence-electron chi connectivity index (χ0n) is 8.16. The first kappa shape index (κ1) is 8.63. The van der Waals surface area contributed by atoms with Crippen molar-refractivity contribution in [3.8, 4) is 0 Å². The molecule has 0 aromatic carbocycles. The monoisotopic (exact) mass is 180 g/mol. The number of anilines is 1. The third-order valence-corrected chi connectivity index (χ3v) is 2.51. The maximum Gasteiger partial charge on any atom is 0.195 e. The Morgan fingerprint density at radius 1 is 1.46 bits per heavy atom. The van der Waals surface area contributed by atoms with E-state index in [0.29, 0.717) is 5.92 Å². The molecule has 3 heteroatoms. The Bertz CT molecular complexity index is 289. The molecule has 1 aromatic rings. The maximum absolute atomic E-state index is 6.00. The predicted octanol–water partition coefficient (Wildman–Crippen LogP) is 1.76. The fourth-order valence-electron chi connectivity index (χ4n) is 1.45. The summed E-state index contributed by atoms with van der Waals surface area (Å²) in [5.41, 5.74) is 6.00. The number of furan rings is 1. The second-order valence-corrected chi connectivity index (χ2v) is 3.93. The molecule has 1 aromatic heterocycles. The van der Waals surface area contributed by atoms with Gasteiger partial charge in [-0.25, -0.2) is 0 Å². The minimum absolute atomic E-state index is 0.105. The molecule has 13 heavy (non-hydrogen) atoms. The smallest absolute Gasteiger partial charge is 0.195 e. The highest BCUT2D eigenvalue weighted by atomic mass is 16.4. The fourth-order valence-corrected chi connectivity index (χ4v) is 1.45. The van der Waals surface area contributed by atoms with Crippen LogP contribution in [0.25, 0.3) is 0 Å². The Labute approximate surface area is 78.5 Å². The molecule has 1 unspecified atom stereocenters. The summed E-state index contributed by atoms with van der Waals surface area (Å²) in [5, 5.41) is 0. The van der Waals surface area contributed by atoms with Gasteiger partial charge in [0.05, 0.1) is 6.04 Å². The van der Waals surface area contributed by atoms with Gasteiger partial charge in [-0.05, 0) is 24.8 Å². The van der Waals surface area contributed by atoms with Crippen molar-refractivity contribution in [1.29, 1.82) is 0 Å². The molecular formula is C10H16N2O. The molecular weight excluding hydrogens is 164 g/mol. The summed E-state index contributed by atoms with van der Waals surface area (Å²) in [5.74, 6) is 2.46. The lowest BCUT2D eigenvalue weighted by atomic mass is 10.1. The second-order valence-electron chi connectivity index (χ2n) is 3.93. The molecule has 0 bridgehead atoms. The van der Waals surface area contributed by atoms with E-state index >= 15 is 0 Å². The van der Waals surface area contributed by atoms with E-state index in [0.717, 1.165) is 11.6 Å². The normalized spacial score (nSPS) is 18.7. The summed E-state index contributed by atoms with van der Waals surface area (Å²) in [7, 11) is 3.93. The number of nitrogens with two attached hydrogens (primary N) is 1. The minimum Gasteiger partial charge on any atom is -0.444 e. The molecule has 2 rings (SSSR count). The first-order valence-electron chi connectivity index (χ1n) is 4.71. The van der Waals surface area contributed by atoms with Crippen molar-refractivity contribution in [3.63, 3.8) is 0 Å². The summed E-state index contributed by atoms with van der Waals surface area (Å²) < 4.78 is 5.61. The SMILES string of the molecule is CN(C)c1ccc(C(N)C2CC2)o1. The Balaban J connectivity index is 2.11. The van der Waals surface area contributed by atoms with E-state index in [1.54, 1.807) is 0 Å². The lowest BCUT2D eigenvalue weighted by molar-refractivity contribution is 0.445. The van der Waals surface area contributed by atoms with E-state index in [-0.39, 0.29) is 6.04 Å². The van der Waals surface area contributed by atoms with Gasteiger partial charge in [0.15, 0.2) is 5.88 Å². The molecule has 2 N–H and O–H groups in total. The van der Waals surface area contributed by atoms with Gasteiger partial charge in [0.2, 0.25) is 0 Å². The first-order valence-corrected chi connectivity index (χ1v) is 4.71. The van der Waals surface area contributed by atoms with E-state index in [1.807, 2.05) is 31.1 Å². The third kappa shape index (κ3) is 1.70. The van der Waals surface area contributed by atoms with Gasteiger partial charge < -0.3 is 15.1 Å². The van der Waals surface area contributed by atoms with Crippen LogP contribution in [0.5, 0.6) is 0 Å². The average Bonchev–Trinajstić information content (AvgIpc) is 2.81. The van der Waals surface area contributed by atoms with E-state index in [2.05, 4.69) is 0 Å². The summed E-state index contributed by atoms with van der Waals surface area (Å²) in [4.78, 5) is 1.95. The second kappa shape index (κ2) is 3.07. The zero-order valence-corrected chi connectivity index (χ0v) is 8.16. The molecule has 1 aliphatic rings. The fraction of sp³-hybridized carbons (Fsp3) is 0.600. The van der Waals surface area contributed by atoms with E-state index in [4.69, 9.17) is 10.2 Å². The molecule has 0 aliphatic heterocycles.